The molecule has 6 heteroatoms. The largest absolute Gasteiger partial charge is 0.367 e. The lowest BCUT2D eigenvalue weighted by Crippen LogP contribution is -2.35. The van der Waals surface area contributed by atoms with Crippen LogP contribution >= 0.6 is 0 Å². The Morgan fingerprint density at radius 1 is 1.09 bits per heavy atom. The number of sulfonamides is 1. The molecule has 1 aromatic rings. The van der Waals surface area contributed by atoms with Gasteiger partial charge in [0.05, 0.1) is 0 Å². The summed E-state index contributed by atoms with van der Waals surface area (Å²) in [7, 11) is -3.38. The molecule has 0 aromatic carbocycles. The van der Waals surface area contributed by atoms with Gasteiger partial charge >= 0.3 is 0 Å². The number of hydrogen-bond donors (Lipinski definition) is 1. The number of pyridine rings is 1. The van der Waals surface area contributed by atoms with E-state index in [0.29, 0.717) is 29.9 Å². The van der Waals surface area contributed by atoms with Crippen molar-refractivity contribution in [2.24, 2.45) is 5.92 Å². The minimum Gasteiger partial charge on any atom is -0.367 e. The number of anilines is 1. The quantitative estimate of drug-likeness (QED) is 0.916. The fraction of sp³-hybridized carbons (Fsp3) is 0.706. The molecule has 1 saturated heterocycles. The number of hydrogen-bond acceptors (Lipinski definition) is 4. The van der Waals surface area contributed by atoms with Gasteiger partial charge in [-0.1, -0.05) is 26.2 Å². The molecule has 2 aliphatic rings. The normalized spacial score (nSPS) is 26.8. The Bertz CT molecular complexity index is 609. The van der Waals surface area contributed by atoms with Crippen molar-refractivity contribution in [3.05, 3.63) is 18.3 Å². The van der Waals surface area contributed by atoms with E-state index in [2.05, 4.69) is 17.2 Å². The number of piperidine rings is 1. The van der Waals surface area contributed by atoms with Crippen LogP contribution in [0.4, 0.5) is 5.82 Å². The van der Waals surface area contributed by atoms with Crippen LogP contribution < -0.4 is 5.32 Å². The van der Waals surface area contributed by atoms with E-state index in [9.17, 15) is 8.42 Å². The van der Waals surface area contributed by atoms with Gasteiger partial charge < -0.3 is 5.32 Å². The lowest BCUT2D eigenvalue weighted by molar-refractivity contribution is 0.346. The summed E-state index contributed by atoms with van der Waals surface area (Å²) in [5.74, 6) is 1.42. The summed E-state index contributed by atoms with van der Waals surface area (Å²) >= 11 is 0. The average Bonchev–Trinajstić information content (AvgIpc) is 2.58. The fourth-order valence-electron chi connectivity index (χ4n) is 3.59. The lowest BCUT2D eigenvalue weighted by atomic mass is 9.86. The van der Waals surface area contributed by atoms with Gasteiger partial charge in [0.15, 0.2) is 0 Å². The first-order valence-corrected chi connectivity index (χ1v) is 10.2. The first-order valence-electron chi connectivity index (χ1n) is 8.80. The van der Waals surface area contributed by atoms with Crippen LogP contribution in [-0.2, 0) is 10.0 Å². The number of nitrogens with zero attached hydrogens (tertiary/aromatic N) is 2. The molecule has 0 bridgehead atoms. The lowest BCUT2D eigenvalue weighted by Gasteiger charge is -2.30. The standard InChI is InChI=1S/C17H27N3O2S/c1-14-7-3-4-8-16(14)19-17-10-9-15(13-18-17)23(21,22)20-11-5-2-6-12-20/h9-10,13-14,16H,2-8,11-12H2,1H3,(H,18,19). The van der Waals surface area contributed by atoms with Gasteiger partial charge in [-0.3, -0.25) is 0 Å². The maximum atomic E-state index is 12.6. The van der Waals surface area contributed by atoms with Gasteiger partial charge in [0.2, 0.25) is 10.0 Å². The van der Waals surface area contributed by atoms with Gasteiger partial charge in [-0.15, -0.1) is 0 Å². The average molecular weight is 337 g/mol. The van der Waals surface area contributed by atoms with Gasteiger partial charge in [-0.05, 0) is 43.7 Å². The first kappa shape index (κ1) is 16.7. The maximum Gasteiger partial charge on any atom is 0.244 e. The van der Waals surface area contributed by atoms with Crippen molar-refractivity contribution >= 4 is 15.8 Å². The molecule has 2 heterocycles. The van der Waals surface area contributed by atoms with Gasteiger partial charge in [0.25, 0.3) is 0 Å². The maximum absolute atomic E-state index is 12.6. The highest BCUT2D eigenvalue weighted by Gasteiger charge is 2.26. The number of aromatic nitrogens is 1. The summed E-state index contributed by atoms with van der Waals surface area (Å²) in [4.78, 5) is 4.66. The third kappa shape index (κ3) is 3.86. The van der Waals surface area contributed by atoms with Crippen LogP contribution in [0.1, 0.15) is 51.9 Å². The zero-order chi connectivity index (χ0) is 16.3. The molecule has 0 amide bonds. The Hall–Kier alpha value is -1.14. The summed E-state index contributed by atoms with van der Waals surface area (Å²) in [6.07, 6.45) is 9.49. The molecule has 1 aliphatic heterocycles. The minimum absolute atomic E-state index is 0.307. The second-order valence-electron chi connectivity index (χ2n) is 6.86. The Morgan fingerprint density at radius 3 is 2.48 bits per heavy atom. The molecule has 23 heavy (non-hydrogen) atoms. The van der Waals surface area contributed by atoms with E-state index in [1.165, 1.54) is 25.5 Å². The molecule has 0 spiro atoms. The number of rotatable bonds is 4. The molecule has 128 valence electrons. The summed E-state index contributed by atoms with van der Waals surface area (Å²) in [6.45, 7) is 3.52. The van der Waals surface area contributed by atoms with Crippen molar-refractivity contribution in [1.82, 2.24) is 9.29 Å². The smallest absolute Gasteiger partial charge is 0.244 e. The summed E-state index contributed by atoms with van der Waals surface area (Å²) in [5, 5.41) is 3.47. The first-order chi connectivity index (χ1) is 11.1. The van der Waals surface area contributed by atoms with Crippen molar-refractivity contribution in [3.8, 4) is 0 Å². The molecule has 5 nitrogen and oxygen atoms in total. The Labute approximate surface area is 139 Å². The molecule has 1 aromatic heterocycles. The highest BCUT2D eigenvalue weighted by Crippen LogP contribution is 2.27. The second-order valence-corrected chi connectivity index (χ2v) is 8.79. The second kappa shape index (κ2) is 7.18. The van der Waals surface area contributed by atoms with E-state index in [4.69, 9.17) is 0 Å². The van der Waals surface area contributed by atoms with Crippen molar-refractivity contribution < 1.29 is 8.42 Å². The summed E-state index contributed by atoms with van der Waals surface area (Å²) < 4.78 is 26.8. The van der Waals surface area contributed by atoms with Crippen molar-refractivity contribution in [2.75, 3.05) is 18.4 Å². The molecule has 1 saturated carbocycles. The number of nitrogens with one attached hydrogen (secondary N) is 1. The van der Waals surface area contributed by atoms with Gasteiger partial charge in [0.1, 0.15) is 10.7 Å². The highest BCUT2D eigenvalue weighted by molar-refractivity contribution is 7.89. The van der Waals surface area contributed by atoms with Crippen LogP contribution in [0, 0.1) is 5.92 Å². The monoisotopic (exact) mass is 337 g/mol. The van der Waals surface area contributed by atoms with E-state index in [1.54, 1.807) is 16.4 Å². The molecule has 2 unspecified atom stereocenters. The molecule has 0 radical (unpaired) electrons. The van der Waals surface area contributed by atoms with Crippen molar-refractivity contribution in [2.45, 2.75) is 62.8 Å². The fourth-order valence-corrected chi connectivity index (χ4v) is 5.06. The Morgan fingerprint density at radius 2 is 1.83 bits per heavy atom. The predicted octanol–water partition coefficient (Wildman–Crippen LogP) is 3.25. The minimum atomic E-state index is -3.38. The molecule has 2 fully saturated rings. The van der Waals surface area contributed by atoms with Crippen LogP contribution in [0.15, 0.2) is 23.2 Å². The molecular formula is C17H27N3O2S. The van der Waals surface area contributed by atoms with Gasteiger partial charge in [-0.25, -0.2) is 13.4 Å². The molecule has 1 N–H and O–H groups in total. The Balaban J connectivity index is 1.68. The van der Waals surface area contributed by atoms with Crippen molar-refractivity contribution in [1.29, 1.82) is 0 Å². The van der Waals surface area contributed by atoms with Crippen LogP contribution in [-0.4, -0.2) is 36.8 Å². The van der Waals surface area contributed by atoms with Crippen LogP contribution in [0.25, 0.3) is 0 Å². The predicted molar refractivity (Wildman–Crippen MR) is 91.9 cm³/mol. The molecule has 3 rings (SSSR count). The van der Waals surface area contributed by atoms with E-state index in [1.807, 2.05) is 0 Å². The highest BCUT2D eigenvalue weighted by atomic mass is 32.2. The van der Waals surface area contributed by atoms with E-state index in [-0.39, 0.29) is 0 Å². The van der Waals surface area contributed by atoms with Crippen LogP contribution in [0.3, 0.4) is 0 Å². The van der Waals surface area contributed by atoms with Crippen molar-refractivity contribution in [3.63, 3.8) is 0 Å². The van der Waals surface area contributed by atoms with Crippen LogP contribution in [0.2, 0.25) is 0 Å². The summed E-state index contributed by atoms with van der Waals surface area (Å²) in [5.41, 5.74) is 0. The van der Waals surface area contributed by atoms with Gasteiger partial charge in [-0.2, -0.15) is 4.31 Å². The summed E-state index contributed by atoms with van der Waals surface area (Å²) in [6, 6.07) is 3.94. The van der Waals surface area contributed by atoms with E-state index in [0.717, 1.165) is 31.5 Å². The zero-order valence-corrected chi connectivity index (χ0v) is 14.7. The SMILES string of the molecule is CC1CCCCC1Nc1ccc(S(=O)(=O)N2CCCCC2)cn1. The van der Waals surface area contributed by atoms with E-state index < -0.39 is 10.0 Å². The van der Waals surface area contributed by atoms with Gasteiger partial charge in [0, 0.05) is 25.3 Å². The van der Waals surface area contributed by atoms with Crippen LogP contribution in [0.5, 0.6) is 0 Å². The third-order valence-corrected chi connectivity index (χ3v) is 7.02. The van der Waals surface area contributed by atoms with E-state index >= 15 is 0 Å². The molecular weight excluding hydrogens is 310 g/mol. The topological polar surface area (TPSA) is 62.3 Å². The Kier molecular flexibility index (Phi) is 5.21. The molecule has 1 aliphatic carbocycles. The zero-order valence-electron chi connectivity index (χ0n) is 13.9. The molecule has 2 atom stereocenters. The third-order valence-electron chi connectivity index (χ3n) is 5.13.